The van der Waals surface area contributed by atoms with E-state index in [9.17, 15) is 4.79 Å². The van der Waals surface area contributed by atoms with Gasteiger partial charge in [0.25, 0.3) is 0 Å². The number of ether oxygens (including phenoxy) is 1. The number of hydrogen-bond donors (Lipinski definition) is 1. The third-order valence-corrected chi connectivity index (χ3v) is 2.78. The summed E-state index contributed by atoms with van der Waals surface area (Å²) >= 11 is 0. The van der Waals surface area contributed by atoms with Crippen LogP contribution in [0.15, 0.2) is 48.8 Å². The number of carbonyl (C=O) groups excluding carboxylic acids is 1. The Bertz CT molecular complexity index is 524. The Balaban J connectivity index is 1.84. The molecule has 0 saturated heterocycles. The minimum Gasteiger partial charge on any atom is -0.497 e. The summed E-state index contributed by atoms with van der Waals surface area (Å²) < 4.78 is 5.06. The van der Waals surface area contributed by atoms with Crippen LogP contribution in [0.2, 0.25) is 0 Å². The molecular weight excluding hydrogens is 240 g/mol. The highest BCUT2D eigenvalue weighted by Crippen LogP contribution is 2.11. The van der Waals surface area contributed by atoms with Crippen LogP contribution < -0.4 is 10.1 Å². The molecule has 0 unspecified atom stereocenters. The first-order valence-corrected chi connectivity index (χ1v) is 6.06. The van der Waals surface area contributed by atoms with E-state index in [1.54, 1.807) is 43.8 Å². The maximum atomic E-state index is 11.9. The highest BCUT2D eigenvalue weighted by molar-refractivity contribution is 5.97. The Kier molecular flexibility index (Phi) is 4.64. The molecule has 0 spiro atoms. The van der Waals surface area contributed by atoms with Crippen molar-refractivity contribution < 1.29 is 9.53 Å². The summed E-state index contributed by atoms with van der Waals surface area (Å²) in [5.74, 6) is 0.818. The Morgan fingerprint density at radius 1 is 1.16 bits per heavy atom. The van der Waals surface area contributed by atoms with Gasteiger partial charge in [-0.3, -0.25) is 9.78 Å². The van der Waals surface area contributed by atoms with Crippen LogP contribution >= 0.6 is 0 Å². The van der Waals surface area contributed by atoms with Gasteiger partial charge in [0.2, 0.25) is 0 Å². The minimum absolute atomic E-state index is 0.0664. The van der Waals surface area contributed by atoms with E-state index in [0.29, 0.717) is 18.7 Å². The molecule has 1 aromatic carbocycles. The zero-order valence-corrected chi connectivity index (χ0v) is 10.8. The zero-order chi connectivity index (χ0) is 13.5. The predicted octanol–water partition coefficient (Wildman–Crippen LogP) is 2.06. The molecular formula is C15H16N2O2. The average Bonchev–Trinajstić information content (AvgIpc) is 2.48. The molecule has 4 nitrogen and oxygen atoms in total. The third-order valence-electron chi connectivity index (χ3n) is 2.78. The molecule has 1 aromatic heterocycles. The predicted molar refractivity (Wildman–Crippen MR) is 73.3 cm³/mol. The van der Waals surface area contributed by atoms with E-state index in [1.807, 2.05) is 12.1 Å². The van der Waals surface area contributed by atoms with Crippen molar-refractivity contribution in [2.45, 2.75) is 6.54 Å². The van der Waals surface area contributed by atoms with Crippen LogP contribution in [0.25, 0.3) is 0 Å². The number of ketones is 1. The Labute approximate surface area is 112 Å². The van der Waals surface area contributed by atoms with Crippen molar-refractivity contribution in [1.29, 1.82) is 0 Å². The lowest BCUT2D eigenvalue weighted by Gasteiger charge is -2.05. The molecule has 0 aliphatic rings. The number of methoxy groups -OCH3 is 1. The van der Waals surface area contributed by atoms with Gasteiger partial charge >= 0.3 is 0 Å². The molecule has 1 N–H and O–H groups in total. The van der Waals surface area contributed by atoms with Crippen LogP contribution in [0.1, 0.15) is 15.9 Å². The monoisotopic (exact) mass is 256 g/mol. The number of Topliss-reactive ketones (excluding diaryl/α,β-unsaturated/α-hetero) is 1. The highest BCUT2D eigenvalue weighted by atomic mass is 16.5. The molecule has 2 rings (SSSR count). The number of rotatable bonds is 6. The minimum atomic E-state index is 0.0664. The first-order valence-electron chi connectivity index (χ1n) is 6.06. The van der Waals surface area contributed by atoms with Crippen LogP contribution in [-0.4, -0.2) is 24.4 Å². The van der Waals surface area contributed by atoms with Crippen LogP contribution in [0, 0.1) is 0 Å². The Morgan fingerprint density at radius 2 is 1.84 bits per heavy atom. The lowest BCUT2D eigenvalue weighted by Crippen LogP contribution is -2.22. The van der Waals surface area contributed by atoms with Crippen LogP contribution in [0.4, 0.5) is 0 Å². The smallest absolute Gasteiger partial charge is 0.176 e. The highest BCUT2D eigenvalue weighted by Gasteiger charge is 2.05. The van der Waals surface area contributed by atoms with E-state index in [0.717, 1.165) is 11.3 Å². The van der Waals surface area contributed by atoms with Gasteiger partial charge in [-0.05, 0) is 42.0 Å². The van der Waals surface area contributed by atoms with E-state index in [2.05, 4.69) is 10.3 Å². The van der Waals surface area contributed by atoms with E-state index >= 15 is 0 Å². The Hall–Kier alpha value is -2.20. The van der Waals surface area contributed by atoms with Crippen molar-refractivity contribution >= 4 is 5.78 Å². The summed E-state index contributed by atoms with van der Waals surface area (Å²) in [6.07, 6.45) is 3.48. The van der Waals surface area contributed by atoms with Gasteiger partial charge in [0.1, 0.15) is 5.75 Å². The molecule has 2 aromatic rings. The maximum Gasteiger partial charge on any atom is 0.176 e. The summed E-state index contributed by atoms with van der Waals surface area (Å²) in [5, 5.41) is 3.12. The lowest BCUT2D eigenvalue weighted by molar-refractivity contribution is 0.0991. The standard InChI is InChI=1S/C15H16N2O2/c1-19-14-4-2-13(3-5-14)15(18)11-17-10-12-6-8-16-9-7-12/h2-9,17H,10-11H2,1H3. The van der Waals surface area contributed by atoms with Crippen LogP contribution in [0.3, 0.4) is 0 Å². The molecule has 1 heterocycles. The second kappa shape index (κ2) is 6.66. The molecule has 0 fully saturated rings. The van der Waals surface area contributed by atoms with E-state index in [1.165, 1.54) is 0 Å². The molecule has 0 aliphatic carbocycles. The van der Waals surface area contributed by atoms with Gasteiger partial charge in [-0.25, -0.2) is 0 Å². The lowest BCUT2D eigenvalue weighted by atomic mass is 10.1. The number of benzene rings is 1. The summed E-state index contributed by atoms with van der Waals surface area (Å²) in [5.41, 5.74) is 1.79. The molecule has 0 atom stereocenters. The summed E-state index contributed by atoms with van der Waals surface area (Å²) in [7, 11) is 1.60. The number of hydrogen-bond acceptors (Lipinski definition) is 4. The Morgan fingerprint density at radius 3 is 2.47 bits per heavy atom. The van der Waals surface area contributed by atoms with Crippen LogP contribution in [0.5, 0.6) is 5.75 Å². The molecule has 98 valence electrons. The number of nitrogens with zero attached hydrogens (tertiary/aromatic N) is 1. The summed E-state index contributed by atoms with van der Waals surface area (Å²) in [4.78, 5) is 15.9. The SMILES string of the molecule is COc1ccc(C(=O)CNCc2ccncc2)cc1. The van der Waals surface area contributed by atoms with Crippen LogP contribution in [-0.2, 0) is 6.54 Å². The third kappa shape index (κ3) is 3.89. The van der Waals surface area contributed by atoms with Gasteiger partial charge in [0.05, 0.1) is 13.7 Å². The summed E-state index contributed by atoms with van der Waals surface area (Å²) in [6, 6.07) is 11.0. The van der Waals surface area contributed by atoms with Gasteiger partial charge in [0, 0.05) is 24.5 Å². The largest absolute Gasteiger partial charge is 0.497 e. The van der Waals surface area contributed by atoms with E-state index < -0.39 is 0 Å². The van der Waals surface area contributed by atoms with Gasteiger partial charge in [0.15, 0.2) is 5.78 Å². The average molecular weight is 256 g/mol. The zero-order valence-electron chi connectivity index (χ0n) is 10.8. The maximum absolute atomic E-state index is 11.9. The first kappa shape index (κ1) is 13.2. The number of aromatic nitrogens is 1. The number of nitrogens with one attached hydrogen (secondary N) is 1. The molecule has 0 radical (unpaired) electrons. The number of carbonyl (C=O) groups is 1. The molecule has 19 heavy (non-hydrogen) atoms. The topological polar surface area (TPSA) is 51.2 Å². The van der Waals surface area contributed by atoms with Gasteiger partial charge in [-0.2, -0.15) is 0 Å². The fourth-order valence-corrected chi connectivity index (χ4v) is 1.70. The first-order chi connectivity index (χ1) is 9.29. The van der Waals surface area contributed by atoms with E-state index in [-0.39, 0.29) is 5.78 Å². The fraction of sp³-hybridized carbons (Fsp3) is 0.200. The quantitative estimate of drug-likeness (QED) is 0.804. The van der Waals surface area contributed by atoms with Gasteiger partial charge in [-0.15, -0.1) is 0 Å². The van der Waals surface area contributed by atoms with Crippen molar-refractivity contribution in [2.75, 3.05) is 13.7 Å². The molecule has 0 aliphatic heterocycles. The molecule has 0 bridgehead atoms. The molecule has 0 amide bonds. The fourth-order valence-electron chi connectivity index (χ4n) is 1.70. The van der Waals surface area contributed by atoms with Gasteiger partial charge < -0.3 is 10.1 Å². The van der Waals surface area contributed by atoms with Gasteiger partial charge in [-0.1, -0.05) is 0 Å². The normalized spacial score (nSPS) is 10.2. The van der Waals surface area contributed by atoms with Crippen molar-refractivity contribution in [1.82, 2.24) is 10.3 Å². The van der Waals surface area contributed by atoms with Crippen molar-refractivity contribution in [3.63, 3.8) is 0 Å². The second-order valence-electron chi connectivity index (χ2n) is 4.11. The van der Waals surface area contributed by atoms with Crippen molar-refractivity contribution in [3.8, 4) is 5.75 Å². The molecule has 4 heteroatoms. The van der Waals surface area contributed by atoms with E-state index in [4.69, 9.17) is 4.74 Å². The molecule has 0 saturated carbocycles. The van der Waals surface area contributed by atoms with Crippen molar-refractivity contribution in [3.05, 3.63) is 59.9 Å². The summed E-state index contributed by atoms with van der Waals surface area (Å²) in [6.45, 7) is 0.971. The van der Waals surface area contributed by atoms with Crippen molar-refractivity contribution in [2.24, 2.45) is 0 Å². The number of pyridine rings is 1. The second-order valence-corrected chi connectivity index (χ2v) is 4.11.